The van der Waals surface area contributed by atoms with Crippen LogP contribution in [0.15, 0.2) is 0 Å². The van der Waals surface area contributed by atoms with E-state index in [1.54, 1.807) is 0 Å². The molecule has 1 heterocycles. The lowest BCUT2D eigenvalue weighted by atomic mass is 9.98. The highest BCUT2D eigenvalue weighted by atomic mass is 16.2. The maximum Gasteiger partial charge on any atom is 0.245 e. The molecule has 120 heavy (non-hydrogen) atoms. The topological polar surface area (TPSA) is 572 Å². The Morgan fingerprint density at radius 3 is 0.683 bits per heavy atom. The second-order valence-corrected chi connectivity index (χ2v) is 36.0. The van der Waals surface area contributed by atoms with Gasteiger partial charge in [-0.15, -0.1) is 0 Å². The molecule has 1 aliphatic heterocycles. The molecule has 0 aromatic heterocycles. The summed E-state index contributed by atoms with van der Waals surface area (Å²) in [5.74, 6) is -11.1. The number of amides is 15. The zero-order chi connectivity index (χ0) is 91.1. The van der Waals surface area contributed by atoms with Gasteiger partial charge in [-0.1, -0.05) is 111 Å². The van der Waals surface area contributed by atoms with Crippen molar-refractivity contribution in [3.63, 3.8) is 0 Å². The van der Waals surface area contributed by atoms with Crippen LogP contribution in [-0.4, -0.2) is 217 Å². The van der Waals surface area contributed by atoms with E-state index in [1.807, 2.05) is 111 Å². The number of rotatable bonds is 63. The van der Waals surface area contributed by atoms with Crippen molar-refractivity contribution < 1.29 is 71.9 Å². The third-order valence-corrected chi connectivity index (χ3v) is 20.5. The van der Waals surface area contributed by atoms with Crippen LogP contribution in [0.2, 0.25) is 0 Å². The smallest absolute Gasteiger partial charge is 0.245 e. The normalized spacial score (nSPS) is 16.2. The molecule has 0 aromatic carbocycles. The lowest BCUT2D eigenvalue weighted by Gasteiger charge is -2.32. The van der Waals surface area contributed by atoms with Gasteiger partial charge in [-0.2, -0.15) is 0 Å². The van der Waals surface area contributed by atoms with E-state index >= 15 is 4.79 Å². The van der Waals surface area contributed by atoms with E-state index in [0.717, 1.165) is 0 Å². The molecule has 1 aliphatic rings. The Bertz CT molecular complexity index is 3180. The SMILES string of the molecule is CC(=O)N[C@@H](CC(C)C)C(=O)N[C@@H](CCCCN)C(=O)N[C@@H](CCCCN)C(=O)N[C@@H](CC(C)C)C(=O)N[C@@H](CC(C)C)C(=O)N[C@@H](CCCCN)C(=O)N[C@@H](CC(C)C)C(=O)N[C@@H](CC(C)C)C(=O)N1CCC[C@H]1C(=O)N[C@@H](CCCCN)C(=O)N[C@@H](CC(C)C)C(=O)N[C@@H](CC(C)C)C(=O)N[C@@H](CCCCN)C(=O)N[C@@H](CC(C)C)C(N)=O. The first-order valence-corrected chi connectivity index (χ1v) is 44.5. The lowest BCUT2D eigenvalue weighted by Crippen LogP contribution is -2.61. The maximum atomic E-state index is 15.1. The number of unbranched alkanes of at least 4 members (excludes halogenated alkanes) is 5. The third kappa shape index (κ3) is 44.6. The van der Waals surface area contributed by atoms with Crippen LogP contribution in [0.4, 0.5) is 0 Å². The van der Waals surface area contributed by atoms with Crippen molar-refractivity contribution >= 4 is 88.6 Å². The highest BCUT2D eigenvalue weighted by Crippen LogP contribution is 2.24. The Hall–Kier alpha value is -8.15. The van der Waals surface area contributed by atoms with Gasteiger partial charge in [-0.25, -0.2) is 0 Å². The molecule has 0 bridgehead atoms. The maximum absolute atomic E-state index is 15.1. The van der Waals surface area contributed by atoms with Crippen molar-refractivity contribution in [1.82, 2.24) is 74.0 Å². The van der Waals surface area contributed by atoms with Crippen molar-refractivity contribution in [1.29, 1.82) is 0 Å². The Kier molecular flexibility index (Phi) is 54.5. The fourth-order valence-corrected chi connectivity index (χ4v) is 14.4. The Morgan fingerprint density at radius 1 is 0.267 bits per heavy atom. The molecule has 0 radical (unpaired) electrons. The Morgan fingerprint density at radius 2 is 0.458 bits per heavy atom. The Labute approximate surface area is 715 Å². The van der Waals surface area contributed by atoms with E-state index in [1.165, 1.54) is 11.8 Å². The summed E-state index contributed by atoms with van der Waals surface area (Å²) in [7, 11) is 0. The lowest BCUT2D eigenvalue weighted by molar-refractivity contribution is -0.143. The van der Waals surface area contributed by atoms with Gasteiger partial charge in [-0.05, 0) is 241 Å². The first kappa shape index (κ1) is 110. The molecule has 1 saturated heterocycles. The van der Waals surface area contributed by atoms with Crippen LogP contribution >= 0.6 is 0 Å². The predicted octanol–water partition coefficient (Wildman–Crippen LogP) is 1.80. The van der Waals surface area contributed by atoms with Gasteiger partial charge in [0.05, 0.1) is 0 Å². The van der Waals surface area contributed by atoms with Crippen LogP contribution in [0.3, 0.4) is 0 Å². The molecule has 35 heteroatoms. The van der Waals surface area contributed by atoms with Gasteiger partial charge in [0.25, 0.3) is 0 Å². The van der Waals surface area contributed by atoms with Gasteiger partial charge in [-0.3, -0.25) is 71.9 Å². The summed E-state index contributed by atoms with van der Waals surface area (Å²) >= 11 is 0. The van der Waals surface area contributed by atoms with Crippen molar-refractivity contribution in [2.75, 3.05) is 39.3 Å². The molecular weight excluding hydrogens is 1540 g/mol. The number of likely N-dealkylation sites (tertiary alicyclic amines) is 1. The number of nitrogens with two attached hydrogens (primary N) is 6. The van der Waals surface area contributed by atoms with Crippen molar-refractivity contribution in [3.05, 3.63) is 0 Å². The number of carbonyl (C=O) groups is 15. The molecule has 0 aliphatic carbocycles. The van der Waals surface area contributed by atoms with E-state index in [4.69, 9.17) is 34.4 Å². The van der Waals surface area contributed by atoms with Gasteiger partial charge in [0.1, 0.15) is 84.6 Å². The number of hydrogen-bond donors (Lipinski definition) is 19. The zero-order valence-corrected chi connectivity index (χ0v) is 75.7. The summed E-state index contributed by atoms with van der Waals surface area (Å²) in [5.41, 5.74) is 35.0. The standard InChI is InChI=1S/C85H160N20O15/c1-49(2)41-63(72(91)107)98-74(109)59(30-19-24-36-87)95-79(114)65(43-51(5)6)102-82(117)68(46-54(11)12)100-77(112)62(33-22-27-39-90)97-84(119)71-34-28-40-105(71)85(120)70(48-56(15)16)104-83(118)69(47-55(13)14)101-76(111)61(32-21-26-38-89)96-80(115)66(44-52(7)8)103-81(116)67(45-53(9)10)99-75(110)60(31-20-25-37-88)93-73(108)58(29-18-23-35-86)94-78(113)64(42-50(3)4)92-57(17)106/h49-56,58-71H,18-48,86-90H2,1-17H3,(H2,91,107)(H,92,106)(H,93,108)(H,94,113)(H,95,114)(H,96,115)(H,97,119)(H,98,109)(H,99,110)(H,100,112)(H,101,111)(H,102,117)(H,103,116)(H,104,118)/t58-,59-,60-,61-,62-,63-,64-,65-,66-,67-,68-,69-,70-,71-/m0/s1. The zero-order valence-electron chi connectivity index (χ0n) is 75.7. The molecule has 35 nitrogen and oxygen atoms in total. The highest BCUT2D eigenvalue weighted by molar-refractivity contribution is 6.00. The van der Waals surface area contributed by atoms with Crippen molar-refractivity contribution in [2.45, 2.75) is 363 Å². The summed E-state index contributed by atoms with van der Waals surface area (Å²) in [6.07, 6.45) is 6.84. The minimum atomic E-state index is -1.28. The van der Waals surface area contributed by atoms with Crippen LogP contribution in [0.5, 0.6) is 0 Å². The van der Waals surface area contributed by atoms with Gasteiger partial charge < -0.3 is 108 Å². The molecule has 25 N–H and O–H groups in total. The van der Waals surface area contributed by atoms with Crippen LogP contribution in [0.25, 0.3) is 0 Å². The van der Waals surface area contributed by atoms with E-state index in [2.05, 4.69) is 69.1 Å². The molecule has 0 saturated carbocycles. The summed E-state index contributed by atoms with van der Waals surface area (Å²) in [6, 6.07) is -16.4. The average Bonchev–Trinajstić information content (AvgIpc) is 1.61. The fourth-order valence-electron chi connectivity index (χ4n) is 14.4. The second-order valence-electron chi connectivity index (χ2n) is 36.0. The second kappa shape index (κ2) is 59.6. The number of hydrogen-bond acceptors (Lipinski definition) is 20. The quantitative estimate of drug-likeness (QED) is 0.0386. The van der Waals surface area contributed by atoms with Gasteiger partial charge >= 0.3 is 0 Å². The number of nitrogens with one attached hydrogen (secondary N) is 13. The number of nitrogens with zero attached hydrogens (tertiary/aromatic N) is 1. The molecular formula is C85H160N20O15. The highest BCUT2D eigenvalue weighted by Gasteiger charge is 2.42. The summed E-state index contributed by atoms with van der Waals surface area (Å²) < 4.78 is 0. The van der Waals surface area contributed by atoms with Gasteiger partial charge in [0.15, 0.2) is 0 Å². The molecule has 0 unspecified atom stereocenters. The van der Waals surface area contributed by atoms with Crippen LogP contribution < -0.4 is 104 Å². The number of primary amides is 1. The molecule has 0 spiro atoms. The van der Waals surface area contributed by atoms with Crippen LogP contribution in [0.1, 0.15) is 278 Å². The minimum absolute atomic E-state index is 0.00375. The summed E-state index contributed by atoms with van der Waals surface area (Å²) in [6.45, 7) is 32.5. The van der Waals surface area contributed by atoms with E-state index in [-0.39, 0.29) is 157 Å². The van der Waals surface area contributed by atoms with E-state index in [0.29, 0.717) is 90.1 Å². The molecule has 1 fully saturated rings. The number of carbonyl (C=O) groups excluding carboxylic acids is 15. The first-order valence-electron chi connectivity index (χ1n) is 44.5. The third-order valence-electron chi connectivity index (χ3n) is 20.5. The average molecular weight is 1700 g/mol. The van der Waals surface area contributed by atoms with E-state index < -0.39 is 173 Å². The Balaban J connectivity index is 3.72. The van der Waals surface area contributed by atoms with Gasteiger partial charge in [0.2, 0.25) is 88.6 Å². The van der Waals surface area contributed by atoms with Gasteiger partial charge in [0, 0.05) is 13.5 Å². The fraction of sp³-hybridized carbons (Fsp3) is 0.824. The summed E-state index contributed by atoms with van der Waals surface area (Å²) in [5, 5.41) is 36.6. The van der Waals surface area contributed by atoms with E-state index in [9.17, 15) is 67.1 Å². The van der Waals surface area contributed by atoms with Crippen LogP contribution in [-0.2, 0) is 71.9 Å². The molecule has 15 amide bonds. The minimum Gasteiger partial charge on any atom is -0.368 e. The molecule has 14 atom stereocenters. The van der Waals surface area contributed by atoms with Crippen molar-refractivity contribution in [3.8, 4) is 0 Å². The van der Waals surface area contributed by atoms with Crippen molar-refractivity contribution in [2.24, 2.45) is 81.7 Å². The predicted molar refractivity (Wildman–Crippen MR) is 465 cm³/mol. The first-order chi connectivity index (χ1) is 56.4. The monoisotopic (exact) mass is 1700 g/mol. The molecule has 1 rings (SSSR count). The largest absolute Gasteiger partial charge is 0.368 e. The molecule has 690 valence electrons. The molecule has 0 aromatic rings. The summed E-state index contributed by atoms with van der Waals surface area (Å²) in [4.78, 5) is 215. The van der Waals surface area contributed by atoms with Crippen LogP contribution in [0, 0.1) is 47.3 Å².